The molecule has 0 saturated carbocycles. The van der Waals surface area contributed by atoms with E-state index in [1.54, 1.807) is 17.0 Å². The number of hydrogen-bond donors (Lipinski definition) is 1. The van der Waals surface area contributed by atoms with Crippen LogP contribution in [0.2, 0.25) is 5.02 Å². The van der Waals surface area contributed by atoms with Gasteiger partial charge in [-0.1, -0.05) is 58.4 Å². The number of amides is 1. The molecule has 2 heterocycles. The van der Waals surface area contributed by atoms with Crippen molar-refractivity contribution in [2.24, 2.45) is 0 Å². The standard InChI is InChI=1S/C25H20BrClFN3O2S/c1-14(13-26)24(33)30-6-8-31(9-7-30)25-19-12-20(27)21(22(28)23(19)29-34-25)18-11-16(32)10-15-4-2-3-5-17(15)18/h2-5,10-12,32H,1,6-9,13H2. The number of phenolic OH excluding ortho intramolecular Hbond substituents is 1. The van der Waals surface area contributed by atoms with Crippen LogP contribution in [-0.2, 0) is 4.79 Å². The highest BCUT2D eigenvalue weighted by Crippen LogP contribution is 2.43. The predicted octanol–water partition coefficient (Wildman–Crippen LogP) is 6.21. The van der Waals surface area contributed by atoms with Crippen molar-refractivity contribution < 1.29 is 14.3 Å². The van der Waals surface area contributed by atoms with Crippen molar-refractivity contribution in [2.75, 3.05) is 36.4 Å². The second kappa shape index (κ2) is 9.17. The van der Waals surface area contributed by atoms with Gasteiger partial charge in [-0.25, -0.2) is 4.39 Å². The summed E-state index contributed by atoms with van der Waals surface area (Å²) in [5, 5.41) is 14.0. The Morgan fingerprint density at radius 1 is 1.18 bits per heavy atom. The van der Waals surface area contributed by atoms with Crippen LogP contribution in [0.4, 0.5) is 9.39 Å². The minimum Gasteiger partial charge on any atom is -0.508 e. The lowest BCUT2D eigenvalue weighted by Crippen LogP contribution is -2.49. The van der Waals surface area contributed by atoms with E-state index in [2.05, 4.69) is 31.8 Å². The predicted molar refractivity (Wildman–Crippen MR) is 141 cm³/mol. The Balaban J connectivity index is 1.52. The van der Waals surface area contributed by atoms with Crippen molar-refractivity contribution in [2.45, 2.75) is 0 Å². The van der Waals surface area contributed by atoms with Crippen LogP contribution in [0.3, 0.4) is 0 Å². The normalized spacial score (nSPS) is 14.2. The molecular weight excluding hydrogens is 541 g/mol. The highest BCUT2D eigenvalue weighted by molar-refractivity contribution is 9.09. The molecular formula is C25H20BrClFN3O2S. The highest BCUT2D eigenvalue weighted by Gasteiger charge is 2.27. The molecule has 1 saturated heterocycles. The summed E-state index contributed by atoms with van der Waals surface area (Å²) in [4.78, 5) is 16.3. The Labute approximate surface area is 213 Å². The third-order valence-electron chi connectivity index (χ3n) is 6.08. The number of piperazine rings is 1. The van der Waals surface area contributed by atoms with Crippen molar-refractivity contribution in [3.63, 3.8) is 0 Å². The van der Waals surface area contributed by atoms with E-state index in [9.17, 15) is 9.90 Å². The zero-order valence-corrected chi connectivity index (χ0v) is 21.2. The summed E-state index contributed by atoms with van der Waals surface area (Å²) in [7, 11) is 0. The number of alkyl halides is 1. The Morgan fingerprint density at radius 2 is 1.91 bits per heavy atom. The number of halogens is 3. The molecule has 9 heteroatoms. The first-order valence-electron chi connectivity index (χ1n) is 10.7. The maximum atomic E-state index is 15.8. The molecule has 0 atom stereocenters. The lowest BCUT2D eigenvalue weighted by molar-refractivity contribution is -0.127. The molecule has 0 bridgehead atoms. The molecule has 1 fully saturated rings. The SMILES string of the molecule is C=C(CBr)C(=O)N1CCN(c2snc3c(F)c(-c4cc(O)cc5ccccc45)c(Cl)cc23)CC1. The van der Waals surface area contributed by atoms with Gasteiger partial charge in [0.2, 0.25) is 5.91 Å². The van der Waals surface area contributed by atoms with Gasteiger partial charge >= 0.3 is 0 Å². The van der Waals surface area contributed by atoms with Crippen LogP contribution in [0.25, 0.3) is 32.8 Å². The fraction of sp³-hybridized carbons (Fsp3) is 0.200. The van der Waals surface area contributed by atoms with Gasteiger partial charge in [0.25, 0.3) is 0 Å². The number of carbonyl (C=O) groups excluding carboxylic acids is 1. The zero-order chi connectivity index (χ0) is 24.0. The Hall–Kier alpha value is -2.68. The van der Waals surface area contributed by atoms with Crippen LogP contribution < -0.4 is 4.90 Å². The first kappa shape index (κ1) is 23.1. The monoisotopic (exact) mass is 559 g/mol. The van der Waals surface area contributed by atoms with Crippen LogP contribution in [0.15, 0.2) is 54.6 Å². The van der Waals surface area contributed by atoms with Gasteiger partial charge in [0.05, 0.1) is 5.02 Å². The summed E-state index contributed by atoms with van der Waals surface area (Å²) < 4.78 is 20.3. The maximum Gasteiger partial charge on any atom is 0.250 e. The number of aromatic nitrogens is 1. The third-order valence-corrected chi connectivity index (χ3v) is 7.98. The van der Waals surface area contributed by atoms with Crippen molar-refractivity contribution in [3.05, 3.63) is 65.5 Å². The van der Waals surface area contributed by atoms with Crippen molar-refractivity contribution in [3.8, 4) is 16.9 Å². The van der Waals surface area contributed by atoms with E-state index in [-0.39, 0.29) is 27.8 Å². The molecule has 1 amide bonds. The summed E-state index contributed by atoms with van der Waals surface area (Å²) in [6.45, 7) is 6.12. The minimum absolute atomic E-state index is 0.0400. The minimum atomic E-state index is -0.511. The molecule has 1 aliphatic heterocycles. The van der Waals surface area contributed by atoms with Crippen LogP contribution >= 0.6 is 39.1 Å². The van der Waals surface area contributed by atoms with Crippen LogP contribution in [0, 0.1) is 5.82 Å². The molecule has 1 aliphatic rings. The Kier molecular flexibility index (Phi) is 6.22. The lowest BCUT2D eigenvalue weighted by atomic mass is 9.96. The van der Waals surface area contributed by atoms with Gasteiger partial charge in [-0.05, 0) is 46.1 Å². The van der Waals surface area contributed by atoms with Gasteiger partial charge < -0.3 is 14.9 Å². The first-order valence-corrected chi connectivity index (χ1v) is 12.9. The molecule has 4 aromatic rings. The molecule has 1 aromatic heterocycles. The van der Waals surface area contributed by atoms with E-state index in [1.165, 1.54) is 17.6 Å². The number of anilines is 1. The second-order valence-electron chi connectivity index (χ2n) is 8.16. The Morgan fingerprint density at radius 3 is 2.65 bits per heavy atom. The molecule has 5 rings (SSSR count). The molecule has 34 heavy (non-hydrogen) atoms. The molecule has 0 aliphatic carbocycles. The van der Waals surface area contributed by atoms with E-state index in [1.807, 2.05) is 24.3 Å². The fourth-order valence-corrected chi connectivity index (χ4v) is 5.81. The van der Waals surface area contributed by atoms with Crippen LogP contribution in [-0.4, -0.2) is 51.8 Å². The van der Waals surface area contributed by atoms with E-state index in [0.29, 0.717) is 48.0 Å². The molecule has 0 spiro atoms. The van der Waals surface area contributed by atoms with E-state index < -0.39 is 5.82 Å². The number of rotatable bonds is 4. The Bertz CT molecular complexity index is 1450. The van der Waals surface area contributed by atoms with Crippen molar-refractivity contribution >= 4 is 71.6 Å². The maximum absolute atomic E-state index is 15.8. The topological polar surface area (TPSA) is 56.7 Å². The number of nitrogens with zero attached hydrogens (tertiary/aromatic N) is 3. The number of phenols is 1. The van der Waals surface area contributed by atoms with E-state index >= 15 is 4.39 Å². The van der Waals surface area contributed by atoms with Crippen LogP contribution in [0.5, 0.6) is 5.75 Å². The summed E-state index contributed by atoms with van der Waals surface area (Å²) >= 11 is 11.2. The fourth-order valence-electron chi connectivity index (χ4n) is 4.37. The highest BCUT2D eigenvalue weighted by atomic mass is 79.9. The number of fused-ring (bicyclic) bond motifs is 2. The molecule has 3 aromatic carbocycles. The third kappa shape index (κ3) is 3.93. The van der Waals surface area contributed by atoms with Crippen molar-refractivity contribution in [1.82, 2.24) is 9.27 Å². The first-order chi connectivity index (χ1) is 16.4. The number of aromatic hydroxyl groups is 1. The van der Waals surface area contributed by atoms with E-state index in [0.717, 1.165) is 15.8 Å². The summed E-state index contributed by atoms with van der Waals surface area (Å²) in [6.07, 6.45) is 0. The number of benzene rings is 3. The van der Waals surface area contributed by atoms with Crippen LogP contribution in [0.1, 0.15) is 0 Å². The molecule has 174 valence electrons. The van der Waals surface area contributed by atoms with E-state index in [4.69, 9.17) is 11.6 Å². The van der Waals surface area contributed by atoms with Crippen molar-refractivity contribution in [1.29, 1.82) is 0 Å². The number of carbonyl (C=O) groups is 1. The van der Waals surface area contributed by atoms with Gasteiger partial charge in [-0.15, -0.1) is 0 Å². The average Bonchev–Trinajstić information content (AvgIpc) is 3.27. The summed E-state index contributed by atoms with van der Waals surface area (Å²) in [6, 6.07) is 12.4. The zero-order valence-electron chi connectivity index (χ0n) is 18.0. The summed E-state index contributed by atoms with van der Waals surface area (Å²) in [5.74, 6) is -0.524. The molecule has 1 N–H and O–H groups in total. The molecule has 0 unspecified atom stereocenters. The largest absolute Gasteiger partial charge is 0.508 e. The number of hydrogen-bond acceptors (Lipinski definition) is 5. The smallest absolute Gasteiger partial charge is 0.250 e. The van der Waals surface area contributed by atoms with Gasteiger partial charge in [0.15, 0.2) is 5.82 Å². The molecule has 0 radical (unpaired) electrons. The lowest BCUT2D eigenvalue weighted by Gasteiger charge is -2.35. The van der Waals surface area contributed by atoms with Gasteiger partial charge in [0, 0.05) is 48.0 Å². The molecule has 5 nitrogen and oxygen atoms in total. The average molecular weight is 561 g/mol. The van der Waals surface area contributed by atoms with Gasteiger partial charge in [-0.2, -0.15) is 4.37 Å². The van der Waals surface area contributed by atoms with Gasteiger partial charge in [-0.3, -0.25) is 4.79 Å². The summed E-state index contributed by atoms with van der Waals surface area (Å²) in [5.41, 5.74) is 1.52. The second-order valence-corrected chi connectivity index (χ2v) is 9.88. The van der Waals surface area contributed by atoms with Gasteiger partial charge in [0.1, 0.15) is 16.3 Å². The quantitative estimate of drug-likeness (QED) is 0.238.